The molecule has 0 aliphatic rings. The van der Waals surface area contributed by atoms with E-state index in [1.807, 2.05) is 63.2 Å². The van der Waals surface area contributed by atoms with Gasteiger partial charge in [-0.3, -0.25) is 0 Å². The van der Waals surface area contributed by atoms with Crippen LogP contribution in [0.4, 0.5) is 4.79 Å². The SMILES string of the molecule is CC(C)(C)CC(C)(C)c1cc(-n2nc3ccccc3n2)c(OC(=O)OC(C)(C)C)c(C(C)(C)c2ccccc2)c1. The number of carbonyl (C=O) groups excluding carboxylic acids is 1. The van der Waals surface area contributed by atoms with Gasteiger partial charge in [0.15, 0.2) is 5.75 Å². The Morgan fingerprint density at radius 3 is 1.82 bits per heavy atom. The fraction of sp³-hybridized carbons (Fsp3) is 0.441. The second kappa shape index (κ2) is 10.4. The van der Waals surface area contributed by atoms with Gasteiger partial charge in [0.1, 0.15) is 22.3 Å². The highest BCUT2D eigenvalue weighted by Gasteiger charge is 2.35. The molecule has 1 aromatic heterocycles. The van der Waals surface area contributed by atoms with Crippen molar-refractivity contribution in [1.29, 1.82) is 0 Å². The van der Waals surface area contributed by atoms with Crippen molar-refractivity contribution in [3.63, 3.8) is 0 Å². The molecule has 0 atom stereocenters. The van der Waals surface area contributed by atoms with E-state index in [4.69, 9.17) is 19.7 Å². The first-order valence-corrected chi connectivity index (χ1v) is 13.9. The van der Waals surface area contributed by atoms with E-state index in [0.717, 1.165) is 34.1 Å². The average Bonchev–Trinajstić information content (AvgIpc) is 3.26. The summed E-state index contributed by atoms with van der Waals surface area (Å²) in [6.45, 7) is 21.1. The number of rotatable bonds is 6. The van der Waals surface area contributed by atoms with Crippen molar-refractivity contribution >= 4 is 17.2 Å². The number of ether oxygens (including phenoxy) is 2. The molecular formula is C34H43N3O3. The van der Waals surface area contributed by atoms with Crippen LogP contribution in [0.25, 0.3) is 16.7 Å². The predicted molar refractivity (Wildman–Crippen MR) is 161 cm³/mol. The van der Waals surface area contributed by atoms with Gasteiger partial charge in [0.25, 0.3) is 0 Å². The summed E-state index contributed by atoms with van der Waals surface area (Å²) in [5.74, 6) is 0.388. The van der Waals surface area contributed by atoms with Crippen LogP contribution in [0.5, 0.6) is 5.75 Å². The number of aromatic nitrogens is 3. The van der Waals surface area contributed by atoms with Crippen molar-refractivity contribution in [2.45, 2.75) is 92.1 Å². The Labute approximate surface area is 238 Å². The third kappa shape index (κ3) is 6.55. The highest BCUT2D eigenvalue weighted by Crippen LogP contribution is 2.45. The third-order valence-corrected chi connectivity index (χ3v) is 7.07. The first-order chi connectivity index (χ1) is 18.5. The quantitative estimate of drug-likeness (QED) is 0.180. The molecule has 212 valence electrons. The third-order valence-electron chi connectivity index (χ3n) is 7.07. The zero-order chi connectivity index (χ0) is 29.5. The molecule has 0 N–H and O–H groups in total. The van der Waals surface area contributed by atoms with Crippen LogP contribution in [-0.2, 0) is 15.6 Å². The minimum Gasteiger partial charge on any atom is -0.428 e. The molecule has 3 aromatic carbocycles. The Kier molecular flexibility index (Phi) is 7.61. The topological polar surface area (TPSA) is 66.2 Å². The fourth-order valence-electron chi connectivity index (χ4n) is 5.48. The van der Waals surface area contributed by atoms with Gasteiger partial charge in [-0.2, -0.15) is 0 Å². The van der Waals surface area contributed by atoms with Crippen LogP contribution in [0.1, 0.15) is 92.3 Å². The lowest BCUT2D eigenvalue weighted by Gasteiger charge is -2.36. The molecule has 0 fully saturated rings. The summed E-state index contributed by atoms with van der Waals surface area (Å²) in [5, 5.41) is 9.59. The van der Waals surface area contributed by atoms with E-state index in [0.29, 0.717) is 11.4 Å². The normalized spacial score (nSPS) is 12.9. The molecule has 0 saturated carbocycles. The van der Waals surface area contributed by atoms with Crippen LogP contribution in [0.2, 0.25) is 0 Å². The Bertz CT molecular complexity index is 1470. The van der Waals surface area contributed by atoms with Crippen LogP contribution >= 0.6 is 0 Å². The van der Waals surface area contributed by atoms with E-state index in [2.05, 4.69) is 72.7 Å². The van der Waals surface area contributed by atoms with E-state index in [1.165, 1.54) is 0 Å². The van der Waals surface area contributed by atoms with Gasteiger partial charge in [0, 0.05) is 11.0 Å². The van der Waals surface area contributed by atoms with Crippen LogP contribution in [0, 0.1) is 5.41 Å². The zero-order valence-electron chi connectivity index (χ0n) is 25.6. The molecule has 40 heavy (non-hydrogen) atoms. The van der Waals surface area contributed by atoms with Crippen LogP contribution in [0.3, 0.4) is 0 Å². The standard InChI is InChI=1S/C34H43N3O3/c1-31(2,3)22-33(7,8)24-20-25(34(9,10)23-16-12-11-13-17-23)29(39-30(38)40-32(4,5)6)28(21-24)37-35-26-18-14-15-19-27(26)36-37/h11-21H,22H2,1-10H3. The lowest BCUT2D eigenvalue weighted by Crippen LogP contribution is -2.30. The first-order valence-electron chi connectivity index (χ1n) is 13.9. The Morgan fingerprint density at radius 1 is 0.750 bits per heavy atom. The molecule has 0 aliphatic heterocycles. The molecule has 0 saturated heterocycles. The van der Waals surface area contributed by atoms with E-state index in [9.17, 15) is 4.79 Å². The van der Waals surface area contributed by atoms with Crippen LogP contribution < -0.4 is 4.74 Å². The van der Waals surface area contributed by atoms with E-state index < -0.39 is 17.2 Å². The predicted octanol–water partition coefficient (Wildman–Crippen LogP) is 8.77. The summed E-state index contributed by atoms with van der Waals surface area (Å²) in [7, 11) is 0. The molecular weight excluding hydrogens is 498 g/mol. The average molecular weight is 542 g/mol. The molecule has 0 unspecified atom stereocenters. The first kappa shape index (κ1) is 29.3. The summed E-state index contributed by atoms with van der Waals surface area (Å²) in [4.78, 5) is 14.8. The highest BCUT2D eigenvalue weighted by molar-refractivity contribution is 5.75. The molecule has 0 amide bonds. The zero-order valence-corrected chi connectivity index (χ0v) is 25.6. The number of benzene rings is 3. The Balaban J connectivity index is 2.04. The lowest BCUT2D eigenvalue weighted by molar-refractivity contribution is 0.0202. The van der Waals surface area contributed by atoms with Gasteiger partial charge < -0.3 is 9.47 Å². The summed E-state index contributed by atoms with van der Waals surface area (Å²) in [6, 6.07) is 22.2. The van der Waals surface area contributed by atoms with Gasteiger partial charge in [0.05, 0.1) is 0 Å². The fourth-order valence-corrected chi connectivity index (χ4v) is 5.48. The summed E-state index contributed by atoms with van der Waals surface area (Å²) >= 11 is 0. The molecule has 1 heterocycles. The maximum atomic E-state index is 13.2. The van der Waals surface area contributed by atoms with Crippen LogP contribution in [0.15, 0.2) is 66.7 Å². The van der Waals surface area contributed by atoms with Crippen molar-refractivity contribution < 1.29 is 14.3 Å². The van der Waals surface area contributed by atoms with Crippen LogP contribution in [-0.4, -0.2) is 26.8 Å². The molecule has 0 radical (unpaired) electrons. The van der Waals surface area contributed by atoms with E-state index >= 15 is 0 Å². The second-order valence-corrected chi connectivity index (χ2v) is 14.0. The number of nitrogens with zero attached hydrogens (tertiary/aromatic N) is 3. The molecule has 4 rings (SSSR count). The second-order valence-electron chi connectivity index (χ2n) is 14.0. The molecule has 6 nitrogen and oxygen atoms in total. The molecule has 6 heteroatoms. The number of hydrogen-bond donors (Lipinski definition) is 0. The van der Waals surface area contributed by atoms with Crippen molar-refractivity contribution in [3.8, 4) is 11.4 Å². The Morgan fingerprint density at radius 2 is 1.30 bits per heavy atom. The molecule has 0 aliphatic carbocycles. The molecule has 0 bridgehead atoms. The number of carbonyl (C=O) groups is 1. The minimum atomic E-state index is -0.766. The van der Waals surface area contributed by atoms with Gasteiger partial charge in [-0.25, -0.2) is 4.79 Å². The smallest absolute Gasteiger partial charge is 0.428 e. The summed E-state index contributed by atoms with van der Waals surface area (Å²) < 4.78 is 11.7. The van der Waals surface area contributed by atoms with Gasteiger partial charge in [-0.1, -0.05) is 97.0 Å². The monoisotopic (exact) mass is 541 g/mol. The number of hydrogen-bond acceptors (Lipinski definition) is 5. The maximum absolute atomic E-state index is 13.2. The van der Waals surface area contributed by atoms with Crippen molar-refractivity contribution in [1.82, 2.24) is 15.0 Å². The highest BCUT2D eigenvalue weighted by atomic mass is 16.7. The van der Waals surface area contributed by atoms with Gasteiger partial charge in [-0.15, -0.1) is 15.0 Å². The van der Waals surface area contributed by atoms with Crippen molar-refractivity contribution in [2.24, 2.45) is 5.41 Å². The van der Waals surface area contributed by atoms with E-state index in [1.54, 1.807) is 4.80 Å². The van der Waals surface area contributed by atoms with Crippen molar-refractivity contribution in [3.05, 3.63) is 83.4 Å². The summed E-state index contributed by atoms with van der Waals surface area (Å²) in [6.07, 6.45) is 0.183. The van der Waals surface area contributed by atoms with Crippen molar-refractivity contribution in [2.75, 3.05) is 0 Å². The van der Waals surface area contributed by atoms with E-state index in [-0.39, 0.29) is 10.8 Å². The maximum Gasteiger partial charge on any atom is 0.514 e. The number of fused-ring (bicyclic) bond motifs is 1. The summed E-state index contributed by atoms with van der Waals surface area (Å²) in [5.41, 5.74) is 3.87. The largest absolute Gasteiger partial charge is 0.514 e. The Hall–Kier alpha value is -3.67. The van der Waals surface area contributed by atoms with Gasteiger partial charge >= 0.3 is 6.16 Å². The molecule has 4 aromatic rings. The minimum absolute atomic E-state index is 0.100. The van der Waals surface area contributed by atoms with Gasteiger partial charge in [-0.05, 0) is 67.3 Å². The lowest BCUT2D eigenvalue weighted by atomic mass is 9.70. The van der Waals surface area contributed by atoms with Gasteiger partial charge in [0.2, 0.25) is 0 Å². The molecule has 0 spiro atoms.